The summed E-state index contributed by atoms with van der Waals surface area (Å²) in [6.45, 7) is 1.77. The molecule has 0 N–H and O–H groups in total. The second-order valence-corrected chi connectivity index (χ2v) is 6.59. The number of carbonyl (C=O) groups excluding carboxylic acids is 1. The van der Waals surface area contributed by atoms with Gasteiger partial charge in [0.05, 0.1) is 17.1 Å². The highest BCUT2D eigenvalue weighted by atomic mass is 35.7. The van der Waals surface area contributed by atoms with Gasteiger partial charge in [-0.1, -0.05) is 0 Å². The van der Waals surface area contributed by atoms with Gasteiger partial charge in [0.25, 0.3) is 9.05 Å². The molecule has 0 spiro atoms. The van der Waals surface area contributed by atoms with Gasteiger partial charge in [0.15, 0.2) is 0 Å². The Morgan fingerprint density at radius 3 is 2.55 bits per heavy atom. The third-order valence-electron chi connectivity index (χ3n) is 2.46. The molecule has 0 heterocycles. The van der Waals surface area contributed by atoms with Crippen molar-refractivity contribution < 1.29 is 27.1 Å². The molecule has 0 aliphatic carbocycles. The molecule has 0 bridgehead atoms. The Labute approximate surface area is 121 Å². The molecule has 0 saturated carbocycles. The quantitative estimate of drug-likeness (QED) is 0.456. The lowest BCUT2D eigenvalue weighted by atomic mass is 10.1. The molecule has 0 aromatic heterocycles. The van der Waals surface area contributed by atoms with Crippen LogP contribution in [0.3, 0.4) is 0 Å². The van der Waals surface area contributed by atoms with Gasteiger partial charge in [-0.2, -0.15) is 0 Å². The van der Waals surface area contributed by atoms with E-state index in [4.69, 9.17) is 20.2 Å². The number of ether oxygens (including phenoxy) is 2. The molecule has 20 heavy (non-hydrogen) atoms. The fourth-order valence-corrected chi connectivity index (χ4v) is 2.32. The van der Waals surface area contributed by atoms with E-state index in [-0.39, 0.29) is 17.1 Å². The Kier molecular flexibility index (Phi) is 5.91. The van der Waals surface area contributed by atoms with E-state index >= 15 is 0 Å². The summed E-state index contributed by atoms with van der Waals surface area (Å²) in [5, 5.41) is 0. The van der Waals surface area contributed by atoms with Crippen molar-refractivity contribution in [3.63, 3.8) is 0 Å². The number of esters is 1. The number of halogens is 2. The van der Waals surface area contributed by atoms with Crippen molar-refractivity contribution in [3.8, 4) is 0 Å². The maximum atomic E-state index is 13.8. The third kappa shape index (κ3) is 4.43. The van der Waals surface area contributed by atoms with Gasteiger partial charge >= 0.3 is 5.97 Å². The Hall–Kier alpha value is -1.18. The zero-order valence-corrected chi connectivity index (χ0v) is 12.6. The summed E-state index contributed by atoms with van der Waals surface area (Å²) in [7, 11) is 2.64. The highest BCUT2D eigenvalue weighted by Gasteiger charge is 2.21. The van der Waals surface area contributed by atoms with Crippen molar-refractivity contribution in [2.24, 2.45) is 0 Å². The molecule has 0 atom stereocenters. The Bertz CT molecular complexity index is 600. The fraction of sp³-hybridized carbons (Fsp3) is 0.417. The van der Waals surface area contributed by atoms with Crippen LogP contribution in [0.2, 0.25) is 0 Å². The van der Waals surface area contributed by atoms with Crippen molar-refractivity contribution >= 4 is 25.7 Å². The van der Waals surface area contributed by atoms with E-state index in [1.807, 2.05) is 0 Å². The van der Waals surface area contributed by atoms with Gasteiger partial charge in [0.1, 0.15) is 5.82 Å². The predicted molar refractivity (Wildman–Crippen MR) is 71.0 cm³/mol. The van der Waals surface area contributed by atoms with Crippen LogP contribution in [0.25, 0.3) is 0 Å². The molecular weight excluding hydrogens is 311 g/mol. The summed E-state index contributed by atoms with van der Waals surface area (Å²) < 4.78 is 45.9. The van der Waals surface area contributed by atoms with Crippen LogP contribution in [0, 0.1) is 12.7 Å². The van der Waals surface area contributed by atoms with Gasteiger partial charge in [0, 0.05) is 30.8 Å². The maximum Gasteiger partial charge on any atom is 0.341 e. The SMILES string of the molecule is COCCCOC(=O)c1cc(S(=O)(=O)Cl)cc(C)c1F. The van der Waals surface area contributed by atoms with Gasteiger partial charge in [-0.05, 0) is 24.6 Å². The van der Waals surface area contributed by atoms with E-state index in [1.165, 1.54) is 14.0 Å². The first-order valence-corrected chi connectivity index (χ1v) is 7.99. The highest BCUT2D eigenvalue weighted by Crippen LogP contribution is 2.22. The van der Waals surface area contributed by atoms with Gasteiger partial charge in [-0.3, -0.25) is 0 Å². The summed E-state index contributed by atoms with van der Waals surface area (Å²) >= 11 is 0. The number of hydrogen-bond donors (Lipinski definition) is 0. The van der Waals surface area contributed by atoms with Crippen molar-refractivity contribution in [1.82, 2.24) is 0 Å². The largest absolute Gasteiger partial charge is 0.462 e. The van der Waals surface area contributed by atoms with Gasteiger partial charge < -0.3 is 9.47 Å². The number of carbonyl (C=O) groups is 1. The summed E-state index contributed by atoms with van der Waals surface area (Å²) in [5.74, 6) is -1.77. The van der Waals surface area contributed by atoms with Gasteiger partial charge in [-0.25, -0.2) is 17.6 Å². The molecule has 0 radical (unpaired) electrons. The predicted octanol–water partition coefficient (Wildman–Crippen LogP) is 2.25. The third-order valence-corrected chi connectivity index (χ3v) is 3.79. The van der Waals surface area contributed by atoms with E-state index in [0.29, 0.717) is 13.0 Å². The van der Waals surface area contributed by atoms with Crippen LogP contribution in [0.5, 0.6) is 0 Å². The first kappa shape index (κ1) is 16.9. The molecule has 0 aliphatic rings. The van der Waals surface area contributed by atoms with E-state index in [0.717, 1.165) is 12.1 Å². The van der Waals surface area contributed by atoms with Crippen LogP contribution in [0.4, 0.5) is 4.39 Å². The Morgan fingerprint density at radius 1 is 1.35 bits per heavy atom. The lowest BCUT2D eigenvalue weighted by Gasteiger charge is -2.08. The smallest absolute Gasteiger partial charge is 0.341 e. The Morgan fingerprint density at radius 2 is 2.00 bits per heavy atom. The molecule has 0 amide bonds. The number of rotatable bonds is 6. The Balaban J connectivity index is 2.99. The lowest BCUT2D eigenvalue weighted by Crippen LogP contribution is -2.11. The molecule has 8 heteroatoms. The van der Waals surface area contributed by atoms with Crippen molar-refractivity contribution in [1.29, 1.82) is 0 Å². The molecule has 1 aromatic carbocycles. The molecule has 5 nitrogen and oxygen atoms in total. The fourth-order valence-electron chi connectivity index (χ4n) is 1.47. The van der Waals surface area contributed by atoms with Crippen molar-refractivity contribution in [3.05, 3.63) is 29.1 Å². The summed E-state index contributed by atoms with van der Waals surface area (Å²) in [6.07, 6.45) is 0.455. The minimum absolute atomic E-state index is 0.00411. The molecule has 0 saturated heterocycles. The van der Waals surface area contributed by atoms with Crippen LogP contribution in [0.1, 0.15) is 22.3 Å². The van der Waals surface area contributed by atoms with E-state index in [1.54, 1.807) is 0 Å². The van der Waals surface area contributed by atoms with Crippen LogP contribution in [0.15, 0.2) is 17.0 Å². The number of methoxy groups -OCH3 is 1. The molecule has 112 valence electrons. The monoisotopic (exact) mass is 324 g/mol. The standard InChI is InChI=1S/C12H14ClFO5S/c1-8-6-9(20(13,16)17)7-10(11(8)14)12(15)19-5-3-4-18-2/h6-7H,3-5H2,1-2H3. The molecule has 0 unspecified atom stereocenters. The maximum absolute atomic E-state index is 13.8. The normalized spacial score (nSPS) is 11.4. The number of hydrogen-bond acceptors (Lipinski definition) is 5. The summed E-state index contributed by atoms with van der Waals surface area (Å²) in [6, 6.07) is 1.92. The van der Waals surface area contributed by atoms with Crippen LogP contribution < -0.4 is 0 Å². The second kappa shape index (κ2) is 7.01. The minimum Gasteiger partial charge on any atom is -0.462 e. The lowest BCUT2D eigenvalue weighted by molar-refractivity contribution is 0.0462. The zero-order valence-electron chi connectivity index (χ0n) is 11.0. The zero-order chi connectivity index (χ0) is 15.3. The van der Waals surface area contributed by atoms with Crippen molar-refractivity contribution in [2.45, 2.75) is 18.2 Å². The summed E-state index contributed by atoms with van der Waals surface area (Å²) in [5.41, 5.74) is -0.461. The van der Waals surface area contributed by atoms with Crippen LogP contribution in [-0.4, -0.2) is 34.7 Å². The molecule has 1 rings (SSSR count). The molecular formula is C12H14ClFO5S. The van der Waals surface area contributed by atoms with E-state index < -0.39 is 26.4 Å². The van der Waals surface area contributed by atoms with Crippen molar-refractivity contribution in [2.75, 3.05) is 20.3 Å². The van der Waals surface area contributed by atoms with Gasteiger partial charge in [-0.15, -0.1) is 0 Å². The average molecular weight is 325 g/mol. The van der Waals surface area contributed by atoms with Crippen LogP contribution >= 0.6 is 10.7 Å². The molecule has 1 aromatic rings. The number of aryl methyl sites for hydroxylation is 1. The van der Waals surface area contributed by atoms with Crippen LogP contribution in [-0.2, 0) is 18.5 Å². The first-order valence-electron chi connectivity index (χ1n) is 5.68. The summed E-state index contributed by atoms with van der Waals surface area (Å²) in [4.78, 5) is 11.4. The molecule has 0 aliphatic heterocycles. The second-order valence-electron chi connectivity index (χ2n) is 4.02. The first-order chi connectivity index (χ1) is 9.27. The van der Waals surface area contributed by atoms with Gasteiger partial charge in [0.2, 0.25) is 0 Å². The topological polar surface area (TPSA) is 69.7 Å². The number of benzene rings is 1. The average Bonchev–Trinajstić information content (AvgIpc) is 2.36. The molecule has 0 fully saturated rings. The highest BCUT2D eigenvalue weighted by molar-refractivity contribution is 8.13. The minimum atomic E-state index is -4.05. The van der Waals surface area contributed by atoms with E-state index in [2.05, 4.69) is 0 Å². The van der Waals surface area contributed by atoms with E-state index in [9.17, 15) is 17.6 Å².